The van der Waals surface area contributed by atoms with E-state index >= 15 is 0 Å². The fraction of sp³-hybridized carbons (Fsp3) is 0.154. The van der Waals surface area contributed by atoms with Gasteiger partial charge >= 0.3 is 0 Å². The SMILES string of the molecule is C=CCOc1ccc(C(O)=C2C(=O)C(=O)N(Cc3ccco3)[C@@H]2c2ccc(O)c(OC)c2)cc1. The summed E-state index contributed by atoms with van der Waals surface area (Å²) in [6.45, 7) is 3.94. The van der Waals surface area contributed by atoms with Gasteiger partial charge in [-0.1, -0.05) is 18.7 Å². The van der Waals surface area contributed by atoms with Crippen molar-refractivity contribution in [2.24, 2.45) is 0 Å². The molecule has 2 N–H and O–H groups in total. The minimum Gasteiger partial charge on any atom is -0.507 e. The highest BCUT2D eigenvalue weighted by Gasteiger charge is 2.46. The average molecular weight is 461 g/mol. The number of phenols is 1. The summed E-state index contributed by atoms with van der Waals surface area (Å²) in [6.07, 6.45) is 3.08. The third-order valence-electron chi connectivity index (χ3n) is 5.46. The molecule has 4 rings (SSSR count). The number of carbonyl (C=O) groups excluding carboxylic acids is 2. The van der Waals surface area contributed by atoms with E-state index in [4.69, 9.17) is 13.9 Å². The molecule has 34 heavy (non-hydrogen) atoms. The van der Waals surface area contributed by atoms with Crippen LogP contribution in [0.1, 0.15) is 22.9 Å². The van der Waals surface area contributed by atoms with Crippen LogP contribution in [0.15, 0.2) is 83.5 Å². The lowest BCUT2D eigenvalue weighted by Gasteiger charge is -2.25. The zero-order valence-corrected chi connectivity index (χ0v) is 18.4. The van der Waals surface area contributed by atoms with Gasteiger partial charge in [-0.15, -0.1) is 0 Å². The molecular weight excluding hydrogens is 438 g/mol. The van der Waals surface area contributed by atoms with Crippen molar-refractivity contribution in [1.29, 1.82) is 0 Å². The number of methoxy groups -OCH3 is 1. The molecule has 0 unspecified atom stereocenters. The molecule has 1 fully saturated rings. The third-order valence-corrected chi connectivity index (χ3v) is 5.46. The Balaban J connectivity index is 1.82. The number of amides is 1. The maximum Gasteiger partial charge on any atom is 0.296 e. The van der Waals surface area contributed by atoms with E-state index in [1.807, 2.05) is 0 Å². The fourth-order valence-corrected chi connectivity index (χ4v) is 3.84. The highest BCUT2D eigenvalue weighted by molar-refractivity contribution is 6.46. The quantitative estimate of drug-likeness (QED) is 0.224. The monoisotopic (exact) mass is 461 g/mol. The lowest BCUT2D eigenvalue weighted by molar-refractivity contribution is -0.140. The van der Waals surface area contributed by atoms with Gasteiger partial charge in [0.15, 0.2) is 11.5 Å². The molecule has 1 aromatic heterocycles. The van der Waals surface area contributed by atoms with E-state index in [0.29, 0.717) is 29.2 Å². The van der Waals surface area contributed by atoms with Gasteiger partial charge in [-0.3, -0.25) is 9.59 Å². The van der Waals surface area contributed by atoms with Crippen LogP contribution in [0.3, 0.4) is 0 Å². The maximum atomic E-state index is 13.1. The van der Waals surface area contributed by atoms with E-state index in [9.17, 15) is 19.8 Å². The van der Waals surface area contributed by atoms with Gasteiger partial charge in [0.05, 0.1) is 31.5 Å². The molecule has 2 aromatic carbocycles. The number of rotatable bonds is 8. The Kier molecular flexibility index (Phi) is 6.40. The number of furan rings is 1. The number of ketones is 1. The highest BCUT2D eigenvalue weighted by atomic mass is 16.5. The van der Waals surface area contributed by atoms with Crippen LogP contribution in [0.25, 0.3) is 5.76 Å². The van der Waals surface area contributed by atoms with Gasteiger partial charge < -0.3 is 29.0 Å². The molecule has 0 aliphatic carbocycles. The molecular formula is C26H23NO7. The molecule has 1 aliphatic heterocycles. The van der Waals surface area contributed by atoms with E-state index in [2.05, 4.69) is 6.58 Å². The van der Waals surface area contributed by atoms with Crippen LogP contribution in [0.5, 0.6) is 17.2 Å². The first-order valence-corrected chi connectivity index (χ1v) is 10.5. The van der Waals surface area contributed by atoms with E-state index < -0.39 is 17.7 Å². The van der Waals surface area contributed by atoms with E-state index in [1.165, 1.54) is 30.4 Å². The summed E-state index contributed by atoms with van der Waals surface area (Å²) in [5.74, 6) is -0.813. The van der Waals surface area contributed by atoms with Crippen LogP contribution >= 0.6 is 0 Å². The minimum absolute atomic E-state index is 0.0105. The lowest BCUT2D eigenvalue weighted by Crippen LogP contribution is -2.29. The molecule has 0 radical (unpaired) electrons. The maximum absolute atomic E-state index is 13.1. The number of aliphatic hydroxyl groups is 1. The van der Waals surface area contributed by atoms with Crippen molar-refractivity contribution < 1.29 is 33.7 Å². The topological polar surface area (TPSA) is 109 Å². The first kappa shape index (κ1) is 22.7. The number of ether oxygens (including phenoxy) is 2. The summed E-state index contributed by atoms with van der Waals surface area (Å²) in [5, 5.41) is 21.2. The number of Topliss-reactive ketones (excluding diaryl/α,β-unsaturated/α-hetero) is 1. The number of hydrogen-bond acceptors (Lipinski definition) is 7. The summed E-state index contributed by atoms with van der Waals surface area (Å²) in [7, 11) is 1.40. The van der Waals surface area contributed by atoms with Gasteiger partial charge in [0.25, 0.3) is 11.7 Å². The second-order valence-electron chi connectivity index (χ2n) is 7.56. The Morgan fingerprint density at radius 1 is 1.18 bits per heavy atom. The number of benzene rings is 2. The van der Waals surface area contributed by atoms with Gasteiger partial charge in [0.1, 0.15) is 23.9 Å². The number of aromatic hydroxyl groups is 1. The molecule has 0 spiro atoms. The minimum atomic E-state index is -0.934. The Morgan fingerprint density at radius 3 is 2.59 bits per heavy atom. The van der Waals surface area contributed by atoms with Crippen molar-refractivity contribution in [2.45, 2.75) is 12.6 Å². The highest BCUT2D eigenvalue weighted by Crippen LogP contribution is 2.42. The molecule has 174 valence electrons. The molecule has 1 amide bonds. The summed E-state index contributed by atoms with van der Waals surface area (Å²) in [6, 6.07) is 13.4. The zero-order valence-electron chi connectivity index (χ0n) is 18.4. The first-order chi connectivity index (χ1) is 16.4. The van der Waals surface area contributed by atoms with Gasteiger partial charge in [-0.05, 0) is 54.1 Å². The molecule has 8 nitrogen and oxygen atoms in total. The van der Waals surface area contributed by atoms with E-state index in [1.54, 1.807) is 48.5 Å². The third kappa shape index (κ3) is 4.25. The van der Waals surface area contributed by atoms with Crippen LogP contribution < -0.4 is 9.47 Å². The van der Waals surface area contributed by atoms with Crippen molar-refractivity contribution in [3.8, 4) is 17.2 Å². The molecule has 0 saturated carbocycles. The Hall–Kier alpha value is -4.46. The number of likely N-dealkylation sites (tertiary alicyclic amines) is 1. The summed E-state index contributed by atoms with van der Waals surface area (Å²) < 4.78 is 16.1. The molecule has 2 heterocycles. The largest absolute Gasteiger partial charge is 0.507 e. The molecule has 1 atom stereocenters. The van der Waals surface area contributed by atoms with Gasteiger partial charge in [0, 0.05) is 5.56 Å². The van der Waals surface area contributed by atoms with Crippen LogP contribution in [0.2, 0.25) is 0 Å². The Morgan fingerprint density at radius 2 is 1.94 bits per heavy atom. The second-order valence-corrected chi connectivity index (χ2v) is 7.56. The van der Waals surface area contributed by atoms with Gasteiger partial charge in [-0.25, -0.2) is 0 Å². The summed E-state index contributed by atoms with van der Waals surface area (Å²) in [5.41, 5.74) is 0.745. The fourth-order valence-electron chi connectivity index (χ4n) is 3.84. The average Bonchev–Trinajstić information content (AvgIpc) is 3.45. The smallest absolute Gasteiger partial charge is 0.296 e. The summed E-state index contributed by atoms with van der Waals surface area (Å²) >= 11 is 0. The molecule has 0 bridgehead atoms. The van der Waals surface area contributed by atoms with Crippen LogP contribution in [0, 0.1) is 0 Å². The number of nitrogens with zero attached hydrogens (tertiary/aromatic N) is 1. The van der Waals surface area contributed by atoms with Crippen LogP contribution in [0.4, 0.5) is 0 Å². The van der Waals surface area contributed by atoms with E-state index in [0.717, 1.165) is 0 Å². The van der Waals surface area contributed by atoms with Crippen LogP contribution in [-0.2, 0) is 16.1 Å². The van der Waals surface area contributed by atoms with Crippen LogP contribution in [-0.4, -0.2) is 40.5 Å². The van der Waals surface area contributed by atoms with Gasteiger partial charge in [-0.2, -0.15) is 0 Å². The second kappa shape index (κ2) is 9.58. The van der Waals surface area contributed by atoms with E-state index in [-0.39, 0.29) is 29.4 Å². The lowest BCUT2D eigenvalue weighted by atomic mass is 9.95. The van der Waals surface area contributed by atoms with Crippen molar-refractivity contribution in [3.05, 3.63) is 96.0 Å². The summed E-state index contributed by atoms with van der Waals surface area (Å²) in [4.78, 5) is 27.5. The standard InChI is InChI=1S/C26H23NO7/c1-3-12-33-18-9-6-16(7-10-18)24(29)22-23(17-8-11-20(28)21(14-17)32-2)27(26(31)25(22)30)15-19-5-4-13-34-19/h3-11,13-14,23,28-29H,1,12,15H2,2H3/t23-/m1/s1. The van der Waals surface area contributed by atoms with Crippen molar-refractivity contribution in [2.75, 3.05) is 13.7 Å². The first-order valence-electron chi connectivity index (χ1n) is 10.5. The van der Waals surface area contributed by atoms with Crippen molar-refractivity contribution in [1.82, 2.24) is 4.90 Å². The number of phenolic OH excluding ortho intramolecular Hbond substituents is 1. The normalized spacial score (nSPS) is 17.1. The molecule has 1 saturated heterocycles. The molecule has 1 aliphatic rings. The van der Waals surface area contributed by atoms with Crippen molar-refractivity contribution in [3.63, 3.8) is 0 Å². The number of carbonyl (C=O) groups is 2. The predicted molar refractivity (Wildman–Crippen MR) is 123 cm³/mol. The number of hydrogen-bond donors (Lipinski definition) is 2. The molecule has 8 heteroatoms. The predicted octanol–water partition coefficient (Wildman–Crippen LogP) is 4.18. The van der Waals surface area contributed by atoms with Crippen molar-refractivity contribution >= 4 is 17.4 Å². The molecule has 3 aromatic rings. The number of aliphatic hydroxyl groups excluding tert-OH is 1. The zero-order chi connectivity index (χ0) is 24.2. The Labute approximate surface area is 196 Å². The Bertz CT molecular complexity index is 1240. The van der Waals surface area contributed by atoms with Gasteiger partial charge in [0.2, 0.25) is 0 Å².